The Hall–Kier alpha value is -2.68. The highest BCUT2D eigenvalue weighted by Crippen LogP contribution is 2.35. The standard InChI is InChI=1S/C26H29N3O3S2/c1-31-13-15-34-26-27-17-23(19-6-3-8-21(16-19)32-2)25(28-26)20-7-4-12-29(18-20)24(30)11-10-22-9-5-14-33-22/h3,5-6,8-11,14,16-17,20H,4,7,12-13,15,18H2,1-2H3. The number of carbonyl (C=O) groups excluding carboxylic acids is 1. The van der Waals surface area contributed by atoms with Crippen LogP contribution in [0, 0.1) is 0 Å². The lowest BCUT2D eigenvalue weighted by Gasteiger charge is -2.32. The highest BCUT2D eigenvalue weighted by molar-refractivity contribution is 7.99. The first-order valence-corrected chi connectivity index (χ1v) is 13.2. The zero-order chi connectivity index (χ0) is 23.8. The van der Waals surface area contributed by atoms with Crippen LogP contribution in [-0.2, 0) is 9.53 Å². The van der Waals surface area contributed by atoms with Crippen LogP contribution in [0.1, 0.15) is 29.3 Å². The molecule has 0 N–H and O–H groups in total. The Kier molecular flexibility index (Phi) is 8.73. The Balaban J connectivity index is 1.60. The monoisotopic (exact) mass is 495 g/mol. The molecule has 2 aromatic heterocycles. The van der Waals surface area contributed by atoms with Crippen molar-refractivity contribution >= 4 is 35.1 Å². The Morgan fingerprint density at radius 2 is 2.21 bits per heavy atom. The number of amides is 1. The number of nitrogens with zero attached hydrogens (tertiary/aromatic N) is 3. The molecule has 34 heavy (non-hydrogen) atoms. The maximum atomic E-state index is 12.9. The lowest BCUT2D eigenvalue weighted by Crippen LogP contribution is -2.38. The average molecular weight is 496 g/mol. The summed E-state index contributed by atoms with van der Waals surface area (Å²) in [6, 6.07) is 12.0. The van der Waals surface area contributed by atoms with Crippen molar-refractivity contribution in [2.75, 3.05) is 39.7 Å². The van der Waals surface area contributed by atoms with Crippen molar-refractivity contribution in [1.29, 1.82) is 0 Å². The highest BCUT2D eigenvalue weighted by Gasteiger charge is 2.27. The number of likely N-dealkylation sites (tertiary alicyclic amines) is 1. The predicted molar refractivity (Wildman–Crippen MR) is 139 cm³/mol. The van der Waals surface area contributed by atoms with Gasteiger partial charge in [-0.2, -0.15) is 0 Å². The number of thioether (sulfide) groups is 1. The van der Waals surface area contributed by atoms with Crippen molar-refractivity contribution in [3.05, 3.63) is 64.6 Å². The molecule has 1 aromatic carbocycles. The van der Waals surface area contributed by atoms with Gasteiger partial charge in [0.15, 0.2) is 5.16 Å². The fraction of sp³-hybridized carbons (Fsp3) is 0.346. The van der Waals surface area contributed by atoms with Crippen LogP contribution in [0.5, 0.6) is 5.75 Å². The second kappa shape index (κ2) is 12.1. The number of methoxy groups -OCH3 is 2. The van der Waals surface area contributed by atoms with Gasteiger partial charge in [0, 0.05) is 54.6 Å². The minimum atomic E-state index is 0.0461. The lowest BCUT2D eigenvalue weighted by atomic mass is 9.90. The predicted octanol–water partition coefficient (Wildman–Crippen LogP) is 5.37. The molecular formula is C26H29N3O3S2. The van der Waals surface area contributed by atoms with Gasteiger partial charge >= 0.3 is 0 Å². The van der Waals surface area contributed by atoms with E-state index in [1.807, 2.05) is 52.9 Å². The Bertz CT molecular complexity index is 1120. The SMILES string of the molecule is COCCSc1ncc(-c2cccc(OC)c2)c(C2CCCN(C(=O)C=Cc3cccs3)C2)n1. The van der Waals surface area contributed by atoms with Gasteiger partial charge in [-0.25, -0.2) is 9.97 Å². The number of benzene rings is 1. The summed E-state index contributed by atoms with van der Waals surface area (Å²) in [6.45, 7) is 2.05. The molecule has 1 aliphatic heterocycles. The molecule has 1 aliphatic rings. The third-order valence-electron chi connectivity index (χ3n) is 5.75. The van der Waals surface area contributed by atoms with E-state index in [9.17, 15) is 4.79 Å². The van der Waals surface area contributed by atoms with Crippen LogP contribution < -0.4 is 4.74 Å². The van der Waals surface area contributed by atoms with Gasteiger partial charge in [-0.3, -0.25) is 4.79 Å². The van der Waals surface area contributed by atoms with Gasteiger partial charge < -0.3 is 14.4 Å². The molecule has 0 saturated carbocycles. The molecule has 1 amide bonds. The van der Waals surface area contributed by atoms with Crippen molar-refractivity contribution < 1.29 is 14.3 Å². The third kappa shape index (κ3) is 6.25. The summed E-state index contributed by atoms with van der Waals surface area (Å²) >= 11 is 3.21. The number of ether oxygens (including phenoxy) is 2. The van der Waals surface area contributed by atoms with Crippen molar-refractivity contribution in [3.8, 4) is 16.9 Å². The Morgan fingerprint density at radius 3 is 3.00 bits per heavy atom. The molecule has 1 fully saturated rings. The molecule has 6 nitrogen and oxygen atoms in total. The summed E-state index contributed by atoms with van der Waals surface area (Å²) in [5.74, 6) is 1.77. The molecule has 178 valence electrons. The quantitative estimate of drug-likeness (QED) is 0.172. The number of piperidine rings is 1. The van der Waals surface area contributed by atoms with E-state index in [1.165, 1.54) is 0 Å². The summed E-state index contributed by atoms with van der Waals surface area (Å²) in [5, 5.41) is 2.75. The van der Waals surface area contributed by atoms with Gasteiger partial charge in [-0.05, 0) is 48.1 Å². The minimum Gasteiger partial charge on any atom is -0.497 e. The first kappa shape index (κ1) is 24.4. The normalized spacial score (nSPS) is 16.2. The number of hydrogen-bond acceptors (Lipinski definition) is 7. The Morgan fingerprint density at radius 1 is 1.29 bits per heavy atom. The summed E-state index contributed by atoms with van der Waals surface area (Å²) < 4.78 is 10.6. The van der Waals surface area contributed by atoms with E-state index in [1.54, 1.807) is 43.4 Å². The van der Waals surface area contributed by atoms with Crippen molar-refractivity contribution in [2.45, 2.75) is 23.9 Å². The largest absolute Gasteiger partial charge is 0.497 e. The number of carbonyl (C=O) groups is 1. The smallest absolute Gasteiger partial charge is 0.246 e. The molecule has 0 aliphatic carbocycles. The molecule has 0 radical (unpaired) electrons. The zero-order valence-electron chi connectivity index (χ0n) is 19.5. The first-order valence-electron chi connectivity index (χ1n) is 11.3. The van der Waals surface area contributed by atoms with E-state index >= 15 is 0 Å². The van der Waals surface area contributed by atoms with Crippen LogP contribution in [0.2, 0.25) is 0 Å². The van der Waals surface area contributed by atoms with E-state index in [0.29, 0.717) is 13.2 Å². The summed E-state index contributed by atoms with van der Waals surface area (Å²) in [7, 11) is 3.36. The fourth-order valence-corrected chi connectivity index (χ4v) is 5.37. The Labute approximate surface area is 209 Å². The van der Waals surface area contributed by atoms with Crippen LogP contribution in [0.15, 0.2) is 59.2 Å². The van der Waals surface area contributed by atoms with Gasteiger partial charge in [-0.15, -0.1) is 11.3 Å². The van der Waals surface area contributed by atoms with Crippen LogP contribution in [0.25, 0.3) is 17.2 Å². The number of hydrogen-bond donors (Lipinski definition) is 0. The highest BCUT2D eigenvalue weighted by atomic mass is 32.2. The second-order valence-electron chi connectivity index (χ2n) is 8.00. The van der Waals surface area contributed by atoms with Crippen LogP contribution >= 0.6 is 23.1 Å². The summed E-state index contributed by atoms with van der Waals surface area (Å²) in [5.41, 5.74) is 3.00. The molecular weight excluding hydrogens is 466 g/mol. The number of aromatic nitrogens is 2. The van der Waals surface area contributed by atoms with Gasteiger partial charge in [0.25, 0.3) is 0 Å². The van der Waals surface area contributed by atoms with Gasteiger partial charge in [0.05, 0.1) is 19.4 Å². The molecule has 0 spiro atoms. The summed E-state index contributed by atoms with van der Waals surface area (Å²) in [4.78, 5) is 25.5. The molecule has 0 bridgehead atoms. The van der Waals surface area contributed by atoms with E-state index in [2.05, 4.69) is 11.1 Å². The van der Waals surface area contributed by atoms with Crippen molar-refractivity contribution in [2.24, 2.45) is 0 Å². The van der Waals surface area contributed by atoms with Crippen LogP contribution in [-0.4, -0.2) is 60.4 Å². The molecule has 3 aromatic rings. The van der Waals surface area contributed by atoms with E-state index in [4.69, 9.17) is 14.5 Å². The van der Waals surface area contributed by atoms with Crippen LogP contribution in [0.4, 0.5) is 0 Å². The van der Waals surface area contributed by atoms with Gasteiger partial charge in [0.2, 0.25) is 5.91 Å². The van der Waals surface area contributed by atoms with Gasteiger partial charge in [0.1, 0.15) is 5.75 Å². The lowest BCUT2D eigenvalue weighted by molar-refractivity contribution is -0.127. The van der Waals surface area contributed by atoms with E-state index in [-0.39, 0.29) is 11.8 Å². The van der Waals surface area contributed by atoms with Crippen molar-refractivity contribution in [3.63, 3.8) is 0 Å². The first-order chi connectivity index (χ1) is 16.7. The third-order valence-corrected chi connectivity index (χ3v) is 7.41. The molecule has 3 heterocycles. The zero-order valence-corrected chi connectivity index (χ0v) is 21.1. The number of thiophene rings is 1. The second-order valence-corrected chi connectivity index (χ2v) is 10.0. The van der Waals surface area contributed by atoms with Crippen molar-refractivity contribution in [1.82, 2.24) is 14.9 Å². The molecule has 8 heteroatoms. The maximum absolute atomic E-state index is 12.9. The molecule has 4 rings (SSSR count). The van der Waals surface area contributed by atoms with E-state index in [0.717, 1.165) is 57.7 Å². The fourth-order valence-electron chi connectivity index (χ4n) is 4.03. The van der Waals surface area contributed by atoms with Crippen LogP contribution in [0.3, 0.4) is 0 Å². The molecule has 1 unspecified atom stereocenters. The molecule has 1 atom stereocenters. The topological polar surface area (TPSA) is 64.6 Å². The maximum Gasteiger partial charge on any atom is 0.246 e. The molecule has 1 saturated heterocycles. The van der Waals surface area contributed by atoms with E-state index < -0.39 is 0 Å². The minimum absolute atomic E-state index is 0.0461. The number of rotatable bonds is 9. The summed E-state index contributed by atoms with van der Waals surface area (Å²) in [6.07, 6.45) is 7.41. The average Bonchev–Trinajstić information content (AvgIpc) is 3.41. The van der Waals surface area contributed by atoms with Gasteiger partial charge in [-0.1, -0.05) is 30.0 Å².